The third-order valence-corrected chi connectivity index (χ3v) is 3.76. The second kappa shape index (κ2) is 5.08. The van der Waals surface area contributed by atoms with Gasteiger partial charge in [-0.3, -0.25) is 0 Å². The van der Waals surface area contributed by atoms with Crippen molar-refractivity contribution >= 4 is 5.65 Å². The minimum atomic E-state index is 0.415. The van der Waals surface area contributed by atoms with Gasteiger partial charge in [0, 0.05) is 31.0 Å². The van der Waals surface area contributed by atoms with Crippen molar-refractivity contribution in [1.82, 2.24) is 14.7 Å². The van der Waals surface area contributed by atoms with Gasteiger partial charge in [0.05, 0.1) is 5.69 Å². The number of nitrogens with one attached hydrogen (secondary N) is 1. The Kier molecular flexibility index (Phi) is 3.30. The number of hydrogen-bond donors (Lipinski definition) is 2. The van der Waals surface area contributed by atoms with Crippen LogP contribution in [0, 0.1) is 0 Å². The number of imidazole rings is 1. The van der Waals surface area contributed by atoms with Crippen molar-refractivity contribution in [2.45, 2.75) is 44.3 Å². The summed E-state index contributed by atoms with van der Waals surface area (Å²) in [6, 6.07) is 7.09. The van der Waals surface area contributed by atoms with Crippen molar-refractivity contribution in [3.8, 4) is 0 Å². The van der Waals surface area contributed by atoms with Crippen LogP contribution in [0.15, 0.2) is 30.6 Å². The van der Waals surface area contributed by atoms with Crippen LogP contribution in [0.4, 0.5) is 0 Å². The van der Waals surface area contributed by atoms with Crippen LogP contribution in [0.5, 0.6) is 0 Å². The van der Waals surface area contributed by atoms with E-state index in [1.807, 2.05) is 24.4 Å². The van der Waals surface area contributed by atoms with Gasteiger partial charge in [-0.05, 0) is 37.8 Å². The summed E-state index contributed by atoms with van der Waals surface area (Å²) in [6.45, 7) is 0.849. The molecule has 4 heteroatoms. The quantitative estimate of drug-likeness (QED) is 0.864. The number of pyridine rings is 1. The van der Waals surface area contributed by atoms with E-state index < -0.39 is 0 Å². The highest BCUT2D eigenvalue weighted by molar-refractivity contribution is 5.39. The molecule has 0 spiro atoms. The molecule has 1 fully saturated rings. The molecule has 1 aliphatic carbocycles. The van der Waals surface area contributed by atoms with Crippen molar-refractivity contribution in [3.05, 3.63) is 36.3 Å². The van der Waals surface area contributed by atoms with Crippen LogP contribution in [0.1, 0.15) is 31.4 Å². The first-order chi connectivity index (χ1) is 8.81. The molecule has 3 rings (SSSR count). The van der Waals surface area contributed by atoms with Crippen molar-refractivity contribution in [2.24, 2.45) is 5.73 Å². The Morgan fingerprint density at radius 3 is 2.89 bits per heavy atom. The number of rotatable bonds is 3. The predicted octanol–water partition coefficient (Wildman–Crippen LogP) is 1.69. The SMILES string of the molecule is NC1CCC(NCc2cn3ccccc3n2)CC1. The highest BCUT2D eigenvalue weighted by atomic mass is 15.0. The van der Waals surface area contributed by atoms with Crippen LogP contribution < -0.4 is 11.1 Å². The highest BCUT2D eigenvalue weighted by Crippen LogP contribution is 2.17. The zero-order chi connectivity index (χ0) is 12.4. The summed E-state index contributed by atoms with van der Waals surface area (Å²) in [5.74, 6) is 0. The molecule has 0 saturated heterocycles. The van der Waals surface area contributed by atoms with Crippen LogP contribution in [0.25, 0.3) is 5.65 Å². The van der Waals surface area contributed by atoms with Crippen molar-refractivity contribution < 1.29 is 0 Å². The molecule has 0 radical (unpaired) electrons. The Hall–Kier alpha value is -1.39. The van der Waals surface area contributed by atoms with E-state index in [2.05, 4.69) is 20.9 Å². The molecule has 0 aromatic carbocycles. The number of aromatic nitrogens is 2. The first kappa shape index (κ1) is 11.7. The Morgan fingerprint density at radius 1 is 1.28 bits per heavy atom. The summed E-state index contributed by atoms with van der Waals surface area (Å²) in [4.78, 5) is 4.59. The van der Waals surface area contributed by atoms with E-state index in [0.29, 0.717) is 12.1 Å². The minimum Gasteiger partial charge on any atom is -0.328 e. The van der Waals surface area contributed by atoms with Gasteiger partial charge in [0.25, 0.3) is 0 Å². The van der Waals surface area contributed by atoms with Crippen molar-refractivity contribution in [1.29, 1.82) is 0 Å². The van der Waals surface area contributed by atoms with E-state index in [1.54, 1.807) is 0 Å². The first-order valence-corrected chi connectivity index (χ1v) is 6.73. The molecule has 1 saturated carbocycles. The van der Waals surface area contributed by atoms with Crippen LogP contribution in [0.3, 0.4) is 0 Å². The van der Waals surface area contributed by atoms with Crippen molar-refractivity contribution in [2.75, 3.05) is 0 Å². The monoisotopic (exact) mass is 244 g/mol. The fourth-order valence-electron chi connectivity index (χ4n) is 2.64. The molecule has 96 valence electrons. The van der Waals surface area contributed by atoms with E-state index in [-0.39, 0.29) is 0 Å². The zero-order valence-corrected chi connectivity index (χ0v) is 10.5. The zero-order valence-electron chi connectivity index (χ0n) is 10.5. The second-order valence-corrected chi connectivity index (χ2v) is 5.19. The van der Waals surface area contributed by atoms with Gasteiger partial charge in [0.15, 0.2) is 0 Å². The molecule has 0 aliphatic heterocycles. The standard InChI is InChI=1S/C14H20N4/c15-11-4-6-12(7-5-11)16-9-13-10-18-8-2-1-3-14(18)17-13/h1-3,8,10-12,16H,4-7,9,15H2. The number of hydrogen-bond acceptors (Lipinski definition) is 3. The van der Waals surface area contributed by atoms with Gasteiger partial charge in [0.1, 0.15) is 5.65 Å². The summed E-state index contributed by atoms with van der Waals surface area (Å²) in [5.41, 5.74) is 8.03. The van der Waals surface area contributed by atoms with Gasteiger partial charge in [-0.15, -0.1) is 0 Å². The average Bonchev–Trinajstić information content (AvgIpc) is 2.81. The van der Waals surface area contributed by atoms with Crippen LogP contribution in [-0.2, 0) is 6.54 Å². The Labute approximate surface area is 107 Å². The third-order valence-electron chi connectivity index (χ3n) is 3.76. The molecule has 4 nitrogen and oxygen atoms in total. The molecule has 18 heavy (non-hydrogen) atoms. The Morgan fingerprint density at radius 2 is 2.11 bits per heavy atom. The van der Waals surface area contributed by atoms with Gasteiger partial charge in [-0.25, -0.2) is 4.98 Å². The fraction of sp³-hybridized carbons (Fsp3) is 0.500. The van der Waals surface area contributed by atoms with Gasteiger partial charge in [-0.2, -0.15) is 0 Å². The lowest BCUT2D eigenvalue weighted by atomic mass is 9.92. The molecule has 0 amide bonds. The smallest absolute Gasteiger partial charge is 0.137 e. The predicted molar refractivity (Wildman–Crippen MR) is 72.3 cm³/mol. The van der Waals surface area contributed by atoms with E-state index in [9.17, 15) is 0 Å². The summed E-state index contributed by atoms with van der Waals surface area (Å²) in [7, 11) is 0. The second-order valence-electron chi connectivity index (χ2n) is 5.19. The molecular weight excluding hydrogens is 224 g/mol. The Bertz CT molecular complexity index is 478. The van der Waals surface area contributed by atoms with Gasteiger partial charge in [-0.1, -0.05) is 6.07 Å². The largest absolute Gasteiger partial charge is 0.328 e. The van der Waals surface area contributed by atoms with Gasteiger partial charge >= 0.3 is 0 Å². The summed E-state index contributed by atoms with van der Waals surface area (Å²) in [6.07, 6.45) is 8.79. The number of nitrogens with two attached hydrogens (primary N) is 1. The lowest BCUT2D eigenvalue weighted by molar-refractivity contribution is 0.341. The molecule has 0 atom stereocenters. The van der Waals surface area contributed by atoms with E-state index in [4.69, 9.17) is 5.73 Å². The molecule has 2 heterocycles. The molecule has 1 aliphatic rings. The molecule has 3 N–H and O–H groups in total. The topological polar surface area (TPSA) is 55.3 Å². The van der Waals surface area contributed by atoms with Crippen LogP contribution >= 0.6 is 0 Å². The van der Waals surface area contributed by atoms with Gasteiger partial charge < -0.3 is 15.5 Å². The lowest BCUT2D eigenvalue weighted by Crippen LogP contribution is -2.37. The number of fused-ring (bicyclic) bond motifs is 1. The summed E-state index contributed by atoms with van der Waals surface area (Å²) in [5, 5.41) is 3.59. The average molecular weight is 244 g/mol. The van der Waals surface area contributed by atoms with Crippen LogP contribution in [-0.4, -0.2) is 21.5 Å². The maximum absolute atomic E-state index is 5.91. The third kappa shape index (κ3) is 2.54. The Balaban J connectivity index is 1.59. The maximum Gasteiger partial charge on any atom is 0.137 e. The van der Waals surface area contributed by atoms with E-state index in [1.165, 1.54) is 12.8 Å². The first-order valence-electron chi connectivity index (χ1n) is 6.73. The number of nitrogens with zero attached hydrogens (tertiary/aromatic N) is 2. The summed E-state index contributed by atoms with van der Waals surface area (Å²) >= 11 is 0. The van der Waals surface area contributed by atoms with E-state index in [0.717, 1.165) is 30.7 Å². The minimum absolute atomic E-state index is 0.415. The molecular formula is C14H20N4. The van der Waals surface area contributed by atoms with E-state index >= 15 is 0 Å². The normalized spacial score (nSPS) is 24.5. The maximum atomic E-state index is 5.91. The van der Waals surface area contributed by atoms with Crippen molar-refractivity contribution in [3.63, 3.8) is 0 Å². The molecule has 2 aromatic heterocycles. The molecule has 0 bridgehead atoms. The molecule has 2 aromatic rings. The lowest BCUT2D eigenvalue weighted by Gasteiger charge is -2.26. The summed E-state index contributed by atoms with van der Waals surface area (Å²) < 4.78 is 2.06. The highest BCUT2D eigenvalue weighted by Gasteiger charge is 2.17. The van der Waals surface area contributed by atoms with Crippen LogP contribution in [0.2, 0.25) is 0 Å². The fourth-order valence-corrected chi connectivity index (χ4v) is 2.64. The molecule has 0 unspecified atom stereocenters. The van der Waals surface area contributed by atoms with Gasteiger partial charge in [0.2, 0.25) is 0 Å².